The number of hydrogen-bond acceptors (Lipinski definition) is 7. The Morgan fingerprint density at radius 2 is 1.66 bits per heavy atom. The molecule has 1 heterocycles. The quantitative estimate of drug-likeness (QED) is 0.359. The maximum Gasteiger partial charge on any atom is 0.227 e. The van der Waals surface area contributed by atoms with Gasteiger partial charge >= 0.3 is 0 Å². The van der Waals surface area contributed by atoms with Crippen molar-refractivity contribution in [1.82, 2.24) is 9.97 Å². The minimum atomic E-state index is -0.627. The molecular weight excluding hydrogens is 416 g/mol. The molecule has 1 aromatic heterocycles. The third kappa shape index (κ3) is 4.34. The molecular formula is C22H21F2N7O. The van der Waals surface area contributed by atoms with Gasteiger partial charge in [0.15, 0.2) is 17.5 Å². The molecule has 2 aromatic carbocycles. The predicted octanol–water partition coefficient (Wildman–Crippen LogP) is 3.30. The molecule has 8 nitrogen and oxygen atoms in total. The van der Waals surface area contributed by atoms with E-state index in [1.807, 2.05) is 0 Å². The summed E-state index contributed by atoms with van der Waals surface area (Å²) < 4.78 is 28.5. The van der Waals surface area contributed by atoms with E-state index in [0.29, 0.717) is 5.56 Å². The largest absolute Gasteiger partial charge is 0.382 e. The van der Waals surface area contributed by atoms with Gasteiger partial charge in [-0.05, 0) is 25.0 Å². The first-order chi connectivity index (χ1) is 15.3. The van der Waals surface area contributed by atoms with Crippen LogP contribution in [-0.4, -0.2) is 21.6 Å². The number of carbonyl (C=O) groups excluding carboxylic acids is 1. The molecule has 0 aliphatic heterocycles. The number of nitrogens with one attached hydrogen (secondary N) is 3. The molecule has 1 aliphatic rings. The summed E-state index contributed by atoms with van der Waals surface area (Å²) >= 11 is 0. The van der Waals surface area contributed by atoms with Crippen LogP contribution in [0.3, 0.4) is 0 Å². The monoisotopic (exact) mass is 437 g/mol. The van der Waals surface area contributed by atoms with E-state index in [-0.39, 0.29) is 58.5 Å². The third-order valence-electron chi connectivity index (χ3n) is 5.08. The van der Waals surface area contributed by atoms with Crippen LogP contribution in [0.1, 0.15) is 29.8 Å². The van der Waals surface area contributed by atoms with E-state index in [4.69, 9.17) is 16.9 Å². The second-order valence-corrected chi connectivity index (χ2v) is 7.44. The van der Waals surface area contributed by atoms with Crippen molar-refractivity contribution in [3.63, 3.8) is 0 Å². The summed E-state index contributed by atoms with van der Waals surface area (Å²) in [7, 11) is 0. The highest BCUT2D eigenvalue weighted by molar-refractivity contribution is 6.12. The average molecular weight is 437 g/mol. The minimum Gasteiger partial charge on any atom is -0.382 e. The molecule has 32 heavy (non-hydrogen) atoms. The predicted molar refractivity (Wildman–Crippen MR) is 118 cm³/mol. The van der Waals surface area contributed by atoms with Crippen molar-refractivity contribution in [3.05, 3.63) is 71.1 Å². The third-order valence-corrected chi connectivity index (χ3v) is 5.08. The number of para-hydroxylation sites is 1. The van der Waals surface area contributed by atoms with E-state index in [2.05, 4.69) is 20.6 Å². The molecule has 1 saturated carbocycles. The van der Waals surface area contributed by atoms with Crippen LogP contribution in [-0.2, 0) is 11.3 Å². The number of rotatable bonds is 7. The fourth-order valence-corrected chi connectivity index (χ4v) is 3.16. The summed E-state index contributed by atoms with van der Waals surface area (Å²) in [5.74, 6) is -1.66. The Kier molecular flexibility index (Phi) is 5.67. The number of aromatic nitrogens is 2. The highest BCUT2D eigenvalue weighted by Gasteiger charge is 2.31. The zero-order valence-corrected chi connectivity index (χ0v) is 17.0. The van der Waals surface area contributed by atoms with Crippen LogP contribution in [0.2, 0.25) is 0 Å². The number of nitrogens with zero attached hydrogens (tertiary/aromatic N) is 2. The van der Waals surface area contributed by atoms with Crippen molar-refractivity contribution in [2.24, 2.45) is 5.92 Å². The summed E-state index contributed by atoms with van der Waals surface area (Å²) in [6.07, 6.45) is 1.61. The molecule has 4 rings (SSSR count). The number of halogens is 2. The van der Waals surface area contributed by atoms with Crippen LogP contribution in [0.25, 0.3) is 0 Å². The number of hydrogen-bond donors (Lipinski definition) is 5. The Balaban J connectivity index is 1.61. The standard InChI is InChI=1S/C22H21F2N7O/c23-14-6-2-1-4-12(14)10-28-17-13(5-3-7-15(17)24)16(25)21-30-19(26)18(20(27)31-21)29-22(32)11-8-9-11/h1-7,11,25,28H,8-10H2,(H,29,32)(H4,26,27,30,31). The Bertz CT molecular complexity index is 1190. The average Bonchev–Trinajstić information content (AvgIpc) is 3.61. The smallest absolute Gasteiger partial charge is 0.227 e. The Morgan fingerprint density at radius 1 is 1.00 bits per heavy atom. The molecule has 1 aliphatic carbocycles. The van der Waals surface area contributed by atoms with Gasteiger partial charge in [-0.3, -0.25) is 10.2 Å². The van der Waals surface area contributed by atoms with E-state index in [0.717, 1.165) is 12.8 Å². The summed E-state index contributed by atoms with van der Waals surface area (Å²) in [6, 6.07) is 10.3. The van der Waals surface area contributed by atoms with Crippen LogP contribution < -0.4 is 22.1 Å². The second kappa shape index (κ2) is 8.58. The van der Waals surface area contributed by atoms with Crippen molar-refractivity contribution in [1.29, 1.82) is 5.41 Å². The molecule has 164 valence electrons. The van der Waals surface area contributed by atoms with Gasteiger partial charge in [-0.25, -0.2) is 18.7 Å². The number of benzene rings is 2. The van der Waals surface area contributed by atoms with Crippen LogP contribution in [0.4, 0.5) is 31.8 Å². The lowest BCUT2D eigenvalue weighted by atomic mass is 10.1. The Labute approximate surface area is 182 Å². The molecule has 0 radical (unpaired) electrons. The van der Waals surface area contributed by atoms with Crippen LogP contribution >= 0.6 is 0 Å². The first-order valence-corrected chi connectivity index (χ1v) is 9.94. The van der Waals surface area contributed by atoms with Crippen LogP contribution in [0.15, 0.2) is 42.5 Å². The van der Waals surface area contributed by atoms with Crippen molar-refractivity contribution in [2.75, 3.05) is 22.1 Å². The van der Waals surface area contributed by atoms with Crippen molar-refractivity contribution in [2.45, 2.75) is 19.4 Å². The van der Waals surface area contributed by atoms with Gasteiger partial charge in [0.05, 0.1) is 5.69 Å². The van der Waals surface area contributed by atoms with E-state index >= 15 is 0 Å². The van der Waals surface area contributed by atoms with E-state index in [9.17, 15) is 13.6 Å². The number of nitrogen functional groups attached to an aromatic ring is 2. The van der Waals surface area contributed by atoms with Gasteiger partial charge in [-0.2, -0.15) is 0 Å². The van der Waals surface area contributed by atoms with Gasteiger partial charge in [0.25, 0.3) is 0 Å². The normalized spacial score (nSPS) is 12.9. The summed E-state index contributed by atoms with van der Waals surface area (Å²) in [4.78, 5) is 20.2. The van der Waals surface area contributed by atoms with Gasteiger partial charge in [0.1, 0.15) is 23.0 Å². The van der Waals surface area contributed by atoms with E-state index in [1.54, 1.807) is 18.2 Å². The first kappa shape index (κ1) is 21.2. The number of carbonyl (C=O) groups is 1. The Morgan fingerprint density at radius 3 is 2.31 bits per heavy atom. The van der Waals surface area contributed by atoms with Gasteiger partial charge in [-0.15, -0.1) is 0 Å². The van der Waals surface area contributed by atoms with Crippen LogP contribution in [0.5, 0.6) is 0 Å². The topological polar surface area (TPSA) is 143 Å². The van der Waals surface area contributed by atoms with Gasteiger partial charge in [-0.1, -0.05) is 30.3 Å². The minimum absolute atomic E-state index is 0.00512. The SMILES string of the molecule is N=C(c1nc(N)c(NC(=O)C2CC2)c(N)n1)c1cccc(F)c1NCc1ccccc1F. The second-order valence-electron chi connectivity index (χ2n) is 7.44. The molecule has 0 spiro atoms. The molecule has 0 bridgehead atoms. The molecule has 1 fully saturated rings. The number of amides is 1. The maximum atomic E-state index is 14.6. The lowest BCUT2D eigenvalue weighted by molar-refractivity contribution is -0.117. The highest BCUT2D eigenvalue weighted by Crippen LogP contribution is 2.32. The fourth-order valence-electron chi connectivity index (χ4n) is 3.16. The van der Waals surface area contributed by atoms with Gasteiger partial charge in [0.2, 0.25) is 5.91 Å². The van der Waals surface area contributed by atoms with Gasteiger partial charge < -0.3 is 22.1 Å². The van der Waals surface area contributed by atoms with Crippen LogP contribution in [0, 0.1) is 23.0 Å². The molecule has 0 saturated heterocycles. The molecule has 3 aromatic rings. The van der Waals surface area contributed by atoms with Crippen molar-refractivity contribution < 1.29 is 13.6 Å². The summed E-state index contributed by atoms with van der Waals surface area (Å²) in [5.41, 5.74) is 12.2. The zero-order valence-electron chi connectivity index (χ0n) is 17.0. The van der Waals surface area contributed by atoms with Crippen molar-refractivity contribution in [3.8, 4) is 0 Å². The highest BCUT2D eigenvalue weighted by atomic mass is 19.1. The molecule has 1 amide bonds. The maximum absolute atomic E-state index is 14.6. The van der Waals surface area contributed by atoms with E-state index < -0.39 is 11.6 Å². The molecule has 10 heteroatoms. The lowest BCUT2D eigenvalue weighted by Crippen LogP contribution is -2.20. The number of anilines is 4. The lowest BCUT2D eigenvalue weighted by Gasteiger charge is -2.15. The Hall–Kier alpha value is -4.08. The zero-order chi connectivity index (χ0) is 22.8. The van der Waals surface area contributed by atoms with E-state index in [1.165, 1.54) is 24.3 Å². The van der Waals surface area contributed by atoms with Crippen molar-refractivity contribution >= 4 is 34.6 Å². The fraction of sp³-hybridized carbons (Fsp3) is 0.182. The summed E-state index contributed by atoms with van der Waals surface area (Å²) in [6.45, 7) is 0.00512. The summed E-state index contributed by atoms with van der Waals surface area (Å²) in [5, 5.41) is 14.0. The van der Waals surface area contributed by atoms with Gasteiger partial charge in [0, 0.05) is 23.6 Å². The number of nitrogens with two attached hydrogens (primary N) is 2. The molecule has 7 N–H and O–H groups in total. The molecule has 0 unspecified atom stereocenters. The molecule has 0 atom stereocenters. The first-order valence-electron chi connectivity index (χ1n) is 9.94.